The van der Waals surface area contributed by atoms with Crippen LogP contribution in [0.4, 0.5) is 0 Å². The minimum absolute atomic E-state index is 0.247. The number of nitrogens with one attached hydrogen (secondary N) is 1. The van der Waals surface area contributed by atoms with E-state index in [1.54, 1.807) is 0 Å². The molecule has 1 aliphatic rings. The molecule has 5 nitrogen and oxygen atoms in total. The summed E-state index contributed by atoms with van der Waals surface area (Å²) in [6, 6.07) is 0.325. The normalized spacial score (nSPS) is 26.6. The molecule has 5 heteroatoms. The van der Waals surface area contributed by atoms with Crippen molar-refractivity contribution >= 4 is 5.97 Å². The van der Waals surface area contributed by atoms with Gasteiger partial charge in [-0.3, -0.25) is 4.79 Å². The molecule has 0 radical (unpaired) electrons. The van der Waals surface area contributed by atoms with E-state index in [1.165, 1.54) is 0 Å². The highest BCUT2D eigenvalue weighted by atomic mass is 16.5. The van der Waals surface area contributed by atoms with Gasteiger partial charge in [-0.1, -0.05) is 6.92 Å². The number of hydrogen-bond donors (Lipinski definition) is 2. The lowest BCUT2D eigenvalue weighted by molar-refractivity contribution is -0.144. The van der Waals surface area contributed by atoms with Gasteiger partial charge in [0.15, 0.2) is 0 Å². The van der Waals surface area contributed by atoms with Crippen LogP contribution in [0.1, 0.15) is 46.5 Å². The van der Waals surface area contributed by atoms with Crippen LogP contribution in [0, 0.1) is 0 Å². The maximum atomic E-state index is 11.6. The second-order valence-electron chi connectivity index (χ2n) is 6.11. The Hall–Kier alpha value is -0.650. The number of rotatable bonds is 9. The number of likely N-dealkylation sites (N-methyl/N-ethyl adjacent to an activating group) is 1. The Morgan fingerprint density at radius 2 is 2.25 bits per heavy atom. The predicted octanol–water partition coefficient (Wildman–Crippen LogP) is 1.72. The molecule has 1 saturated carbocycles. The summed E-state index contributed by atoms with van der Waals surface area (Å²) in [6.45, 7) is 8.43. The van der Waals surface area contributed by atoms with E-state index < -0.39 is 11.5 Å². The van der Waals surface area contributed by atoms with Crippen molar-refractivity contribution in [2.45, 2.75) is 64.1 Å². The van der Waals surface area contributed by atoms with Crippen LogP contribution in [0.25, 0.3) is 0 Å². The molecule has 1 rings (SSSR count). The summed E-state index contributed by atoms with van der Waals surface area (Å²) in [4.78, 5) is 13.8. The first kappa shape index (κ1) is 17.4. The minimum atomic E-state index is -0.728. The van der Waals surface area contributed by atoms with E-state index in [0.29, 0.717) is 25.5 Å². The van der Waals surface area contributed by atoms with Crippen molar-refractivity contribution in [3.63, 3.8) is 0 Å². The second-order valence-corrected chi connectivity index (χ2v) is 6.11. The van der Waals surface area contributed by atoms with E-state index in [-0.39, 0.29) is 6.10 Å². The van der Waals surface area contributed by atoms with Crippen LogP contribution in [0.2, 0.25) is 0 Å². The number of nitrogens with zero attached hydrogens (tertiary/aromatic N) is 1. The maximum absolute atomic E-state index is 11.6. The molecule has 0 bridgehead atoms. The Bertz CT molecular complexity index is 309. The Kier molecular flexibility index (Phi) is 6.92. The van der Waals surface area contributed by atoms with Crippen molar-refractivity contribution in [2.24, 2.45) is 0 Å². The van der Waals surface area contributed by atoms with Gasteiger partial charge in [0.2, 0.25) is 0 Å². The van der Waals surface area contributed by atoms with Crippen LogP contribution >= 0.6 is 0 Å². The molecule has 0 aromatic rings. The molecule has 1 fully saturated rings. The quantitative estimate of drug-likeness (QED) is 0.676. The lowest BCUT2D eigenvalue weighted by atomic mass is 9.97. The molecule has 2 atom stereocenters. The fourth-order valence-corrected chi connectivity index (χ4v) is 2.81. The molecule has 2 unspecified atom stereocenters. The molecule has 0 aliphatic heterocycles. The molecule has 0 saturated heterocycles. The highest BCUT2D eigenvalue weighted by Crippen LogP contribution is 2.33. The Balaban J connectivity index is 2.48. The van der Waals surface area contributed by atoms with Gasteiger partial charge in [-0.05, 0) is 53.1 Å². The van der Waals surface area contributed by atoms with E-state index >= 15 is 0 Å². The zero-order valence-electron chi connectivity index (χ0n) is 13.3. The summed E-state index contributed by atoms with van der Waals surface area (Å²) in [5.41, 5.74) is -0.728. The molecule has 0 aromatic carbocycles. The Morgan fingerprint density at radius 3 is 2.80 bits per heavy atom. The summed E-state index contributed by atoms with van der Waals surface area (Å²) in [6.07, 6.45) is 3.53. The fraction of sp³-hybridized carbons (Fsp3) is 0.933. The lowest BCUT2D eigenvalue weighted by Crippen LogP contribution is -2.51. The number of carbonyl (C=O) groups is 1. The van der Waals surface area contributed by atoms with Crippen LogP contribution in [-0.2, 0) is 9.53 Å². The standard InChI is InChI=1S/C15H30N2O3/c1-5-8-16-15(14(18)19)7-6-13(11-15)17(4)9-10-20-12(2)3/h12-13,16H,5-11H2,1-4H3,(H,18,19). The highest BCUT2D eigenvalue weighted by molar-refractivity contribution is 5.79. The van der Waals surface area contributed by atoms with E-state index in [0.717, 1.165) is 25.9 Å². The first-order valence-electron chi connectivity index (χ1n) is 7.71. The van der Waals surface area contributed by atoms with Crippen LogP contribution in [0.5, 0.6) is 0 Å². The van der Waals surface area contributed by atoms with Crippen molar-refractivity contribution in [2.75, 3.05) is 26.7 Å². The average Bonchev–Trinajstić information content (AvgIpc) is 2.81. The van der Waals surface area contributed by atoms with Crippen molar-refractivity contribution in [3.8, 4) is 0 Å². The third kappa shape index (κ3) is 4.72. The average molecular weight is 286 g/mol. The van der Waals surface area contributed by atoms with Crippen LogP contribution in [0.15, 0.2) is 0 Å². The molecule has 20 heavy (non-hydrogen) atoms. The van der Waals surface area contributed by atoms with Gasteiger partial charge >= 0.3 is 5.97 Å². The Morgan fingerprint density at radius 1 is 1.55 bits per heavy atom. The summed E-state index contributed by atoms with van der Waals surface area (Å²) < 4.78 is 5.56. The van der Waals surface area contributed by atoms with Gasteiger partial charge in [-0.15, -0.1) is 0 Å². The largest absolute Gasteiger partial charge is 0.480 e. The highest BCUT2D eigenvalue weighted by Gasteiger charge is 2.45. The summed E-state index contributed by atoms with van der Waals surface area (Å²) in [5, 5.41) is 12.8. The zero-order chi connectivity index (χ0) is 15.2. The predicted molar refractivity (Wildman–Crippen MR) is 80.0 cm³/mol. The van der Waals surface area contributed by atoms with Gasteiger partial charge in [-0.2, -0.15) is 0 Å². The lowest BCUT2D eigenvalue weighted by Gasteiger charge is -2.29. The van der Waals surface area contributed by atoms with Crippen molar-refractivity contribution in [1.29, 1.82) is 0 Å². The first-order chi connectivity index (χ1) is 9.41. The fourth-order valence-electron chi connectivity index (χ4n) is 2.81. The third-order valence-corrected chi connectivity index (χ3v) is 4.13. The molecule has 118 valence electrons. The van der Waals surface area contributed by atoms with Gasteiger partial charge in [0, 0.05) is 12.6 Å². The second kappa shape index (κ2) is 7.96. The molecule has 0 spiro atoms. The number of aliphatic carboxylic acids is 1. The Labute approximate surface area is 122 Å². The molecular formula is C15H30N2O3. The first-order valence-corrected chi connectivity index (χ1v) is 7.71. The number of ether oxygens (including phenoxy) is 1. The zero-order valence-corrected chi connectivity index (χ0v) is 13.3. The van der Waals surface area contributed by atoms with Gasteiger partial charge in [-0.25, -0.2) is 0 Å². The van der Waals surface area contributed by atoms with Crippen LogP contribution in [0.3, 0.4) is 0 Å². The molecule has 0 aromatic heterocycles. The molecular weight excluding hydrogens is 256 g/mol. The number of hydrogen-bond acceptors (Lipinski definition) is 4. The SMILES string of the molecule is CCCNC1(C(=O)O)CCC(N(C)CCOC(C)C)C1. The van der Waals surface area contributed by atoms with Gasteiger partial charge in [0.1, 0.15) is 5.54 Å². The van der Waals surface area contributed by atoms with E-state index in [1.807, 2.05) is 13.8 Å². The summed E-state index contributed by atoms with van der Waals surface area (Å²) in [7, 11) is 2.06. The monoisotopic (exact) mass is 286 g/mol. The topological polar surface area (TPSA) is 61.8 Å². The molecule has 2 N–H and O–H groups in total. The maximum Gasteiger partial charge on any atom is 0.323 e. The molecule has 0 amide bonds. The van der Waals surface area contributed by atoms with Gasteiger partial charge in [0.25, 0.3) is 0 Å². The molecule has 0 heterocycles. The number of carboxylic acid groups (broad SMARTS) is 1. The summed E-state index contributed by atoms with van der Waals surface area (Å²) >= 11 is 0. The minimum Gasteiger partial charge on any atom is -0.480 e. The van der Waals surface area contributed by atoms with Gasteiger partial charge < -0.3 is 20.1 Å². The summed E-state index contributed by atoms with van der Waals surface area (Å²) in [5.74, 6) is -0.708. The van der Waals surface area contributed by atoms with Crippen LogP contribution in [-0.4, -0.2) is 60.4 Å². The van der Waals surface area contributed by atoms with Gasteiger partial charge in [0.05, 0.1) is 12.7 Å². The third-order valence-electron chi connectivity index (χ3n) is 4.13. The number of carboxylic acids is 1. The van der Waals surface area contributed by atoms with Crippen molar-refractivity contribution < 1.29 is 14.6 Å². The van der Waals surface area contributed by atoms with Crippen LogP contribution < -0.4 is 5.32 Å². The van der Waals surface area contributed by atoms with E-state index in [4.69, 9.17) is 4.74 Å². The molecule has 1 aliphatic carbocycles. The van der Waals surface area contributed by atoms with E-state index in [2.05, 4.69) is 24.2 Å². The van der Waals surface area contributed by atoms with E-state index in [9.17, 15) is 9.90 Å². The van der Waals surface area contributed by atoms with Crippen molar-refractivity contribution in [1.82, 2.24) is 10.2 Å². The van der Waals surface area contributed by atoms with Crippen molar-refractivity contribution in [3.05, 3.63) is 0 Å². The smallest absolute Gasteiger partial charge is 0.323 e.